The third-order valence-electron chi connectivity index (χ3n) is 6.30. The number of hydrogen-bond acceptors (Lipinski definition) is 4. The van der Waals surface area contributed by atoms with Gasteiger partial charge in [0.2, 0.25) is 0 Å². The zero-order valence-corrected chi connectivity index (χ0v) is 21.9. The fraction of sp³-hybridized carbons (Fsp3) is 0.519. The van der Waals surface area contributed by atoms with Gasteiger partial charge in [-0.05, 0) is 42.6 Å². The number of carbonyl (C=O) groups excluding carboxylic acids is 1. The molecule has 3 rings (SSSR count). The van der Waals surface area contributed by atoms with Gasteiger partial charge in [0, 0.05) is 19.1 Å². The number of hydrogen-bond donors (Lipinski definition) is 1. The summed E-state index contributed by atoms with van der Waals surface area (Å²) >= 11 is 0. The van der Waals surface area contributed by atoms with Crippen LogP contribution in [0.5, 0.6) is 0 Å². The molecule has 2 aromatic rings. The van der Waals surface area contributed by atoms with E-state index in [-0.39, 0.29) is 23.6 Å². The van der Waals surface area contributed by atoms with Crippen LogP contribution < -0.4 is 10.4 Å². The molecule has 180 valence electrons. The molecule has 1 fully saturated rings. The summed E-state index contributed by atoms with van der Waals surface area (Å²) in [6.07, 6.45) is -0.337. The minimum Gasteiger partial charge on any atom is -0.444 e. The van der Waals surface area contributed by atoms with Crippen molar-refractivity contribution in [1.82, 2.24) is 4.90 Å². The zero-order valence-electron chi connectivity index (χ0n) is 20.9. The number of likely N-dealkylation sites (tertiary alicyclic amines) is 1. The molecule has 0 saturated carbocycles. The number of piperidine rings is 1. The van der Waals surface area contributed by atoms with Crippen LogP contribution in [0.1, 0.15) is 48.0 Å². The molecule has 1 saturated heterocycles. The van der Waals surface area contributed by atoms with E-state index in [0.717, 1.165) is 0 Å². The predicted octanol–water partition coefficient (Wildman–Crippen LogP) is 4.18. The highest BCUT2D eigenvalue weighted by Gasteiger charge is 2.50. The van der Waals surface area contributed by atoms with Crippen LogP contribution in [0.3, 0.4) is 0 Å². The highest BCUT2D eigenvalue weighted by atomic mass is 28.4. The van der Waals surface area contributed by atoms with Crippen molar-refractivity contribution in [3.63, 3.8) is 0 Å². The summed E-state index contributed by atoms with van der Waals surface area (Å²) in [5.41, 5.74) is -0.550. The monoisotopic (exact) mass is 469 g/mol. The number of β-amino-alcohol motifs (C(OH)–C–C–N with tert-alkyl or cyclic N) is 1. The van der Waals surface area contributed by atoms with Crippen LogP contribution in [-0.2, 0) is 9.16 Å². The average molecular weight is 470 g/mol. The quantitative estimate of drug-likeness (QED) is 0.668. The summed E-state index contributed by atoms with van der Waals surface area (Å²) in [6, 6.07) is 21.0. The van der Waals surface area contributed by atoms with Gasteiger partial charge in [0.05, 0.1) is 12.6 Å². The Labute approximate surface area is 199 Å². The van der Waals surface area contributed by atoms with Crippen LogP contribution in [-0.4, -0.2) is 55.8 Å². The van der Waals surface area contributed by atoms with Crippen LogP contribution in [0.2, 0.25) is 5.04 Å². The molecule has 0 aliphatic carbocycles. The molecule has 1 aliphatic rings. The number of aliphatic hydroxyl groups is 1. The molecule has 2 aromatic carbocycles. The summed E-state index contributed by atoms with van der Waals surface area (Å²) in [7, 11) is -2.65. The van der Waals surface area contributed by atoms with E-state index in [9.17, 15) is 9.90 Å². The Hall–Kier alpha value is -2.15. The standard InChI is InChI=1S/C27H39NO4Si/c1-26(2,3)32-25(30)28-18-17-21(24(29)19-28)20-31-33(27(4,5)6,22-13-9-7-10-14-22)23-15-11-8-12-16-23/h7-16,21,24,29H,17-20H2,1-6H3/t21-,24+/m1/s1. The fourth-order valence-electron chi connectivity index (χ4n) is 4.66. The van der Waals surface area contributed by atoms with Crippen molar-refractivity contribution in [3.05, 3.63) is 60.7 Å². The lowest BCUT2D eigenvalue weighted by molar-refractivity contribution is -0.0218. The van der Waals surface area contributed by atoms with E-state index >= 15 is 0 Å². The van der Waals surface area contributed by atoms with E-state index < -0.39 is 20.0 Å². The van der Waals surface area contributed by atoms with Crippen LogP contribution in [0.4, 0.5) is 4.79 Å². The second kappa shape index (κ2) is 10.00. The summed E-state index contributed by atoms with van der Waals surface area (Å²) < 4.78 is 12.5. The van der Waals surface area contributed by atoms with Crippen molar-refractivity contribution in [2.24, 2.45) is 5.92 Å². The lowest BCUT2D eigenvalue weighted by Crippen LogP contribution is -2.67. The SMILES string of the molecule is CC(C)(C)OC(=O)N1CC[C@H](CO[Si](c2ccccc2)(c2ccccc2)C(C)(C)C)[C@@H](O)C1. The van der Waals surface area contributed by atoms with Gasteiger partial charge in [-0.25, -0.2) is 4.79 Å². The molecule has 0 bridgehead atoms. The third kappa shape index (κ3) is 5.86. The molecule has 0 aromatic heterocycles. The summed E-state index contributed by atoms with van der Waals surface area (Å²) in [4.78, 5) is 14.1. The van der Waals surface area contributed by atoms with Crippen molar-refractivity contribution in [2.75, 3.05) is 19.7 Å². The van der Waals surface area contributed by atoms with E-state index in [1.807, 2.05) is 32.9 Å². The lowest BCUT2D eigenvalue weighted by Gasteiger charge is -2.45. The normalized spacial score (nSPS) is 19.9. The Balaban J connectivity index is 1.82. The summed E-state index contributed by atoms with van der Waals surface area (Å²) in [5.74, 6) is -0.0367. The first kappa shape index (κ1) is 25.5. The maximum atomic E-state index is 12.5. The van der Waals surface area contributed by atoms with Crippen LogP contribution in [0.15, 0.2) is 60.7 Å². The molecule has 5 nitrogen and oxygen atoms in total. The first-order valence-corrected chi connectivity index (χ1v) is 13.8. The van der Waals surface area contributed by atoms with Crippen molar-refractivity contribution >= 4 is 24.8 Å². The average Bonchev–Trinajstić information content (AvgIpc) is 2.74. The first-order valence-electron chi connectivity index (χ1n) is 11.8. The van der Waals surface area contributed by atoms with Gasteiger partial charge in [-0.1, -0.05) is 81.4 Å². The summed E-state index contributed by atoms with van der Waals surface area (Å²) in [5, 5.41) is 13.3. The number of rotatable bonds is 5. The highest BCUT2D eigenvalue weighted by Crippen LogP contribution is 2.37. The van der Waals surface area contributed by atoms with E-state index in [1.165, 1.54) is 10.4 Å². The number of benzene rings is 2. The molecule has 1 amide bonds. The maximum absolute atomic E-state index is 12.5. The Morgan fingerprint density at radius 2 is 1.48 bits per heavy atom. The Bertz CT molecular complexity index is 866. The summed E-state index contributed by atoms with van der Waals surface area (Å²) in [6.45, 7) is 13.6. The Morgan fingerprint density at radius 1 is 0.970 bits per heavy atom. The molecule has 0 unspecified atom stereocenters. The van der Waals surface area contributed by atoms with Gasteiger partial charge in [-0.3, -0.25) is 0 Å². The zero-order chi connectivity index (χ0) is 24.3. The van der Waals surface area contributed by atoms with Gasteiger partial charge in [0.1, 0.15) is 5.60 Å². The van der Waals surface area contributed by atoms with Crippen molar-refractivity contribution in [3.8, 4) is 0 Å². The minimum atomic E-state index is -2.65. The Kier molecular flexibility index (Phi) is 7.71. The molecular formula is C27H39NO4Si. The maximum Gasteiger partial charge on any atom is 0.410 e. The van der Waals surface area contributed by atoms with E-state index in [4.69, 9.17) is 9.16 Å². The van der Waals surface area contributed by atoms with Crippen LogP contribution in [0, 0.1) is 5.92 Å². The van der Waals surface area contributed by atoms with Gasteiger partial charge in [0.25, 0.3) is 8.32 Å². The molecule has 0 radical (unpaired) electrons. The molecule has 33 heavy (non-hydrogen) atoms. The third-order valence-corrected chi connectivity index (χ3v) is 11.3. The minimum absolute atomic E-state index is 0.0367. The van der Waals surface area contributed by atoms with Gasteiger partial charge in [-0.15, -0.1) is 0 Å². The van der Waals surface area contributed by atoms with E-state index in [2.05, 4.69) is 69.3 Å². The predicted molar refractivity (Wildman–Crippen MR) is 135 cm³/mol. The Morgan fingerprint density at radius 3 is 1.91 bits per heavy atom. The van der Waals surface area contributed by atoms with Crippen molar-refractivity contribution in [1.29, 1.82) is 0 Å². The molecule has 1 heterocycles. The molecule has 6 heteroatoms. The second-order valence-corrected chi connectivity index (χ2v) is 15.3. The number of ether oxygens (including phenoxy) is 1. The number of amides is 1. The second-order valence-electron chi connectivity index (χ2n) is 11.0. The number of aliphatic hydroxyl groups excluding tert-OH is 1. The molecule has 2 atom stereocenters. The van der Waals surface area contributed by atoms with Crippen molar-refractivity contribution in [2.45, 2.75) is 64.7 Å². The smallest absolute Gasteiger partial charge is 0.410 e. The van der Waals surface area contributed by atoms with Gasteiger partial charge in [0.15, 0.2) is 0 Å². The lowest BCUT2D eigenvalue weighted by atomic mass is 9.95. The molecular weight excluding hydrogens is 430 g/mol. The first-order chi connectivity index (χ1) is 15.4. The molecule has 1 aliphatic heterocycles. The topological polar surface area (TPSA) is 59.0 Å². The number of carbonyl (C=O) groups is 1. The largest absolute Gasteiger partial charge is 0.444 e. The van der Waals surface area contributed by atoms with Crippen LogP contribution in [0.25, 0.3) is 0 Å². The van der Waals surface area contributed by atoms with E-state index in [1.54, 1.807) is 4.90 Å². The van der Waals surface area contributed by atoms with E-state index in [0.29, 0.717) is 19.6 Å². The van der Waals surface area contributed by atoms with Crippen molar-refractivity contribution < 1.29 is 19.1 Å². The van der Waals surface area contributed by atoms with Gasteiger partial charge in [-0.2, -0.15) is 0 Å². The van der Waals surface area contributed by atoms with Gasteiger partial charge < -0.3 is 19.2 Å². The molecule has 0 spiro atoms. The van der Waals surface area contributed by atoms with Gasteiger partial charge >= 0.3 is 6.09 Å². The number of nitrogens with zero attached hydrogens (tertiary/aromatic N) is 1. The highest BCUT2D eigenvalue weighted by molar-refractivity contribution is 6.99. The fourth-order valence-corrected chi connectivity index (χ4v) is 9.28. The molecule has 1 N–H and O–H groups in total. The van der Waals surface area contributed by atoms with Crippen LogP contribution >= 0.6 is 0 Å².